The number of hydrogen-bond donors (Lipinski definition) is 4. The molecule has 0 fully saturated rings. The summed E-state index contributed by atoms with van der Waals surface area (Å²) in [5, 5.41) is 11.7. The molecule has 7 nitrogen and oxygen atoms in total. The molecule has 0 saturated carbocycles. The fraction of sp³-hybridized carbons (Fsp3) is 0.118. The van der Waals surface area contributed by atoms with Crippen LogP contribution in [-0.4, -0.2) is 20.4 Å². The van der Waals surface area contributed by atoms with Crippen molar-refractivity contribution in [1.82, 2.24) is 20.4 Å². The molecule has 0 radical (unpaired) electrons. The molecule has 6 aromatic rings. The van der Waals surface area contributed by atoms with Crippen LogP contribution in [0.2, 0.25) is 0 Å². The molecule has 0 saturated heterocycles. The van der Waals surface area contributed by atoms with Crippen molar-refractivity contribution in [2.45, 2.75) is 26.4 Å². The normalized spacial score (nSPS) is 11.2. The van der Waals surface area contributed by atoms with Gasteiger partial charge in [-0.05, 0) is 48.2 Å². The Kier molecular flexibility index (Phi) is 7.00. The zero-order chi connectivity index (χ0) is 28.3. The summed E-state index contributed by atoms with van der Waals surface area (Å²) in [5.74, 6) is 0.0237. The van der Waals surface area contributed by atoms with Crippen molar-refractivity contribution in [2.75, 3.05) is 0 Å². The third-order valence-corrected chi connectivity index (χ3v) is 7.35. The molecule has 204 valence electrons. The van der Waals surface area contributed by atoms with Crippen LogP contribution in [0, 0.1) is 13.8 Å². The summed E-state index contributed by atoms with van der Waals surface area (Å²) in [5.41, 5.74) is 7.40. The average molecular weight is 543 g/mol. The van der Waals surface area contributed by atoms with Crippen molar-refractivity contribution in [3.05, 3.63) is 157 Å². The maximum absolute atomic E-state index is 13.5. The maximum atomic E-state index is 13.5. The van der Waals surface area contributed by atoms with Gasteiger partial charge in [0.15, 0.2) is 0 Å². The second-order valence-electron chi connectivity index (χ2n) is 10.2. The first-order valence-electron chi connectivity index (χ1n) is 13.5. The summed E-state index contributed by atoms with van der Waals surface area (Å²) in [4.78, 5) is 27.0. The highest BCUT2D eigenvalue weighted by Crippen LogP contribution is 2.38. The monoisotopic (exact) mass is 542 g/mol. The SMILES string of the molecule is Cc1ccc(-c2[nH][nH]c(=O)c2C(c2ccc(OCc3ccccc3)cc2)c2c(-c3ccc(C)cc3)[nH][nH]c2=O)cc1. The Hall–Kier alpha value is -5.30. The van der Waals surface area contributed by atoms with Gasteiger partial charge in [-0.3, -0.25) is 30.0 Å². The van der Waals surface area contributed by atoms with Crippen LogP contribution in [0.25, 0.3) is 22.5 Å². The van der Waals surface area contributed by atoms with Gasteiger partial charge < -0.3 is 4.74 Å². The molecule has 0 aliphatic carbocycles. The number of aromatic nitrogens is 4. The third kappa shape index (κ3) is 5.30. The predicted molar refractivity (Wildman–Crippen MR) is 161 cm³/mol. The molecule has 6 rings (SSSR count). The molecule has 0 aliphatic rings. The van der Waals surface area contributed by atoms with E-state index in [0.29, 0.717) is 34.9 Å². The Morgan fingerprint density at radius 1 is 0.585 bits per heavy atom. The van der Waals surface area contributed by atoms with Crippen LogP contribution in [0.1, 0.15) is 39.3 Å². The third-order valence-electron chi connectivity index (χ3n) is 7.35. The zero-order valence-electron chi connectivity index (χ0n) is 22.8. The van der Waals surface area contributed by atoms with Crippen molar-refractivity contribution in [3.8, 4) is 28.3 Å². The molecule has 0 spiro atoms. The molecule has 4 aromatic carbocycles. The second-order valence-corrected chi connectivity index (χ2v) is 10.2. The lowest BCUT2D eigenvalue weighted by Crippen LogP contribution is -2.20. The quantitative estimate of drug-likeness (QED) is 0.178. The van der Waals surface area contributed by atoms with Crippen LogP contribution in [0.15, 0.2) is 113 Å². The molecule has 2 heterocycles. The molecule has 0 atom stereocenters. The Morgan fingerprint density at radius 3 is 1.56 bits per heavy atom. The lowest BCUT2D eigenvalue weighted by Gasteiger charge is -2.18. The van der Waals surface area contributed by atoms with Crippen LogP contribution in [-0.2, 0) is 6.61 Å². The average Bonchev–Trinajstić information content (AvgIpc) is 3.57. The first kappa shape index (κ1) is 26.0. The van der Waals surface area contributed by atoms with E-state index in [4.69, 9.17) is 4.74 Å². The van der Waals surface area contributed by atoms with E-state index in [2.05, 4.69) is 20.4 Å². The van der Waals surface area contributed by atoms with Gasteiger partial charge in [-0.15, -0.1) is 0 Å². The van der Waals surface area contributed by atoms with Crippen LogP contribution < -0.4 is 15.9 Å². The first-order chi connectivity index (χ1) is 20.0. The number of aryl methyl sites for hydroxylation is 2. The Balaban J connectivity index is 1.48. The fourth-order valence-electron chi connectivity index (χ4n) is 5.16. The molecule has 41 heavy (non-hydrogen) atoms. The number of ether oxygens (including phenoxy) is 1. The molecular weight excluding hydrogens is 512 g/mol. The van der Waals surface area contributed by atoms with Crippen molar-refractivity contribution in [3.63, 3.8) is 0 Å². The van der Waals surface area contributed by atoms with Gasteiger partial charge >= 0.3 is 0 Å². The van der Waals surface area contributed by atoms with Gasteiger partial charge in [0.2, 0.25) is 0 Å². The minimum atomic E-state index is -0.671. The Labute approximate surface area is 236 Å². The Morgan fingerprint density at radius 2 is 1.07 bits per heavy atom. The smallest absolute Gasteiger partial charge is 0.268 e. The predicted octanol–water partition coefficient (Wildman–Crippen LogP) is 6.43. The summed E-state index contributed by atoms with van der Waals surface area (Å²) >= 11 is 0. The van der Waals surface area contributed by atoms with Crippen LogP contribution in [0.3, 0.4) is 0 Å². The van der Waals surface area contributed by atoms with Crippen LogP contribution in [0.5, 0.6) is 5.75 Å². The highest BCUT2D eigenvalue weighted by molar-refractivity contribution is 5.71. The minimum Gasteiger partial charge on any atom is -0.489 e. The van der Waals surface area contributed by atoms with E-state index in [1.54, 1.807) is 0 Å². The number of benzene rings is 4. The highest BCUT2D eigenvalue weighted by Gasteiger charge is 2.31. The topological polar surface area (TPSA) is 107 Å². The van der Waals surface area contributed by atoms with Crippen molar-refractivity contribution in [2.24, 2.45) is 0 Å². The molecule has 0 bridgehead atoms. The van der Waals surface area contributed by atoms with Crippen LogP contribution >= 0.6 is 0 Å². The standard InChI is InChI=1S/C34H30N4O3/c1-21-8-12-25(13-9-21)31-29(33(39)37-35-31)28(30-32(36-38-34(30)40)26-14-10-22(2)11-15-26)24-16-18-27(19-17-24)41-20-23-6-4-3-5-7-23/h3-19,28H,20H2,1-2H3,(H2,35,37,39)(H2,36,38,40). The van der Waals surface area contributed by atoms with Crippen molar-refractivity contribution in [1.29, 1.82) is 0 Å². The first-order valence-corrected chi connectivity index (χ1v) is 13.5. The fourth-order valence-corrected chi connectivity index (χ4v) is 5.16. The maximum Gasteiger partial charge on any atom is 0.268 e. The van der Waals surface area contributed by atoms with Crippen molar-refractivity contribution < 1.29 is 4.74 Å². The molecule has 0 unspecified atom stereocenters. The van der Waals surface area contributed by atoms with Gasteiger partial charge in [0.05, 0.1) is 22.5 Å². The Bertz CT molecular complexity index is 1780. The number of nitrogens with one attached hydrogen (secondary N) is 4. The summed E-state index contributed by atoms with van der Waals surface area (Å²) in [6.45, 7) is 4.47. The van der Waals surface area contributed by atoms with Gasteiger partial charge in [-0.2, -0.15) is 0 Å². The van der Waals surface area contributed by atoms with Gasteiger partial charge in [0.25, 0.3) is 11.1 Å². The largest absolute Gasteiger partial charge is 0.489 e. The molecule has 0 amide bonds. The molecule has 2 aromatic heterocycles. The molecule has 7 heteroatoms. The van der Waals surface area contributed by atoms with Gasteiger partial charge in [-0.1, -0.05) is 102 Å². The minimum absolute atomic E-state index is 0.287. The molecule has 0 aliphatic heterocycles. The van der Waals surface area contributed by atoms with Crippen molar-refractivity contribution >= 4 is 0 Å². The van der Waals surface area contributed by atoms with E-state index < -0.39 is 5.92 Å². The lowest BCUT2D eigenvalue weighted by molar-refractivity contribution is 0.306. The van der Waals surface area contributed by atoms with E-state index in [1.807, 2.05) is 117 Å². The summed E-state index contributed by atoms with van der Waals surface area (Å²) in [6, 6.07) is 33.4. The van der Waals surface area contributed by atoms with Gasteiger partial charge in [0, 0.05) is 5.92 Å². The van der Waals surface area contributed by atoms with Crippen LogP contribution in [0.4, 0.5) is 0 Å². The highest BCUT2D eigenvalue weighted by atomic mass is 16.5. The second kappa shape index (κ2) is 11.1. The summed E-state index contributed by atoms with van der Waals surface area (Å²) in [6.07, 6.45) is 0. The summed E-state index contributed by atoms with van der Waals surface area (Å²) < 4.78 is 6.02. The van der Waals surface area contributed by atoms with E-state index in [1.165, 1.54) is 0 Å². The number of rotatable bonds is 8. The molecular formula is C34H30N4O3. The van der Waals surface area contributed by atoms with Gasteiger partial charge in [0.1, 0.15) is 12.4 Å². The van der Waals surface area contributed by atoms with E-state index in [9.17, 15) is 9.59 Å². The van der Waals surface area contributed by atoms with E-state index >= 15 is 0 Å². The molecule has 4 N–H and O–H groups in total. The zero-order valence-corrected chi connectivity index (χ0v) is 22.8. The number of aromatic amines is 4. The number of H-pyrrole nitrogens is 4. The van der Waals surface area contributed by atoms with Gasteiger partial charge in [-0.25, -0.2) is 0 Å². The van der Waals surface area contributed by atoms with E-state index in [0.717, 1.165) is 33.4 Å². The van der Waals surface area contributed by atoms with E-state index in [-0.39, 0.29) is 11.1 Å². The lowest BCUT2D eigenvalue weighted by atomic mass is 9.83. The summed E-state index contributed by atoms with van der Waals surface area (Å²) in [7, 11) is 0. The number of hydrogen-bond acceptors (Lipinski definition) is 3.